The number of ether oxygens (including phenoxy) is 1. The van der Waals surface area contributed by atoms with E-state index in [1.807, 2.05) is 31.2 Å². The molecule has 1 aliphatic rings. The minimum Gasteiger partial charge on any atom is -0.394 e. The van der Waals surface area contributed by atoms with Crippen molar-refractivity contribution in [2.75, 3.05) is 19.7 Å². The predicted molar refractivity (Wildman–Crippen MR) is 67.9 cm³/mol. The van der Waals surface area contributed by atoms with E-state index in [2.05, 4.69) is 11.0 Å². The number of rotatable bonds is 3. The maximum atomic E-state index is 9.19. The van der Waals surface area contributed by atoms with Crippen LogP contribution >= 0.6 is 0 Å². The van der Waals surface area contributed by atoms with Gasteiger partial charge in [-0.05, 0) is 18.6 Å². The monoisotopic (exact) mass is 246 g/mol. The van der Waals surface area contributed by atoms with Gasteiger partial charge < -0.3 is 9.84 Å². The maximum Gasteiger partial charge on any atom is 0.0995 e. The van der Waals surface area contributed by atoms with Crippen LogP contribution in [0.2, 0.25) is 0 Å². The summed E-state index contributed by atoms with van der Waals surface area (Å²) in [5.74, 6) is 0. The van der Waals surface area contributed by atoms with Crippen molar-refractivity contribution < 1.29 is 9.84 Å². The molecule has 4 nitrogen and oxygen atoms in total. The molecule has 0 saturated carbocycles. The van der Waals surface area contributed by atoms with Crippen molar-refractivity contribution in [1.29, 1.82) is 5.26 Å². The number of aliphatic hydroxyl groups is 1. The van der Waals surface area contributed by atoms with Crippen LogP contribution in [-0.2, 0) is 11.3 Å². The van der Waals surface area contributed by atoms with Gasteiger partial charge in [-0.15, -0.1) is 0 Å². The highest BCUT2D eigenvalue weighted by Gasteiger charge is 2.24. The standard InChI is InChI=1S/C14H18N2O2/c1-11-7-16(9-14(10-17)18-11)8-13-5-3-2-4-12(13)6-15/h2-5,11,14,17H,7-10H2,1H3. The van der Waals surface area contributed by atoms with Crippen LogP contribution in [0, 0.1) is 11.3 Å². The number of benzene rings is 1. The van der Waals surface area contributed by atoms with Crippen molar-refractivity contribution >= 4 is 0 Å². The van der Waals surface area contributed by atoms with Crippen LogP contribution < -0.4 is 0 Å². The molecule has 0 bridgehead atoms. The third-order valence-electron chi connectivity index (χ3n) is 3.14. The first kappa shape index (κ1) is 13.0. The average molecular weight is 246 g/mol. The van der Waals surface area contributed by atoms with Crippen molar-refractivity contribution in [3.63, 3.8) is 0 Å². The molecular weight excluding hydrogens is 228 g/mol. The molecule has 0 amide bonds. The Hall–Kier alpha value is -1.41. The fraction of sp³-hybridized carbons (Fsp3) is 0.500. The van der Waals surface area contributed by atoms with Gasteiger partial charge in [0.25, 0.3) is 0 Å². The molecule has 1 fully saturated rings. The van der Waals surface area contributed by atoms with Gasteiger partial charge in [0.2, 0.25) is 0 Å². The first-order chi connectivity index (χ1) is 8.72. The van der Waals surface area contributed by atoms with E-state index in [-0.39, 0.29) is 18.8 Å². The van der Waals surface area contributed by atoms with Crippen LogP contribution in [0.1, 0.15) is 18.1 Å². The highest BCUT2D eigenvalue weighted by molar-refractivity contribution is 5.37. The lowest BCUT2D eigenvalue weighted by atomic mass is 10.1. The molecule has 2 unspecified atom stereocenters. The highest BCUT2D eigenvalue weighted by Crippen LogP contribution is 2.16. The Morgan fingerprint density at radius 1 is 1.44 bits per heavy atom. The molecule has 18 heavy (non-hydrogen) atoms. The SMILES string of the molecule is CC1CN(Cc2ccccc2C#N)CC(CO)O1. The highest BCUT2D eigenvalue weighted by atomic mass is 16.5. The Bertz CT molecular complexity index is 442. The zero-order chi connectivity index (χ0) is 13.0. The van der Waals surface area contributed by atoms with Gasteiger partial charge in [-0.25, -0.2) is 0 Å². The van der Waals surface area contributed by atoms with Gasteiger partial charge >= 0.3 is 0 Å². The van der Waals surface area contributed by atoms with E-state index in [9.17, 15) is 5.11 Å². The summed E-state index contributed by atoms with van der Waals surface area (Å²) in [6.45, 7) is 4.32. The van der Waals surface area contributed by atoms with Crippen LogP contribution in [-0.4, -0.2) is 41.9 Å². The second kappa shape index (κ2) is 5.96. The molecule has 1 aliphatic heterocycles. The normalized spacial score (nSPS) is 24.7. The molecule has 2 atom stereocenters. The Kier molecular flexibility index (Phi) is 4.32. The largest absolute Gasteiger partial charge is 0.394 e. The van der Waals surface area contributed by atoms with Crippen LogP contribution in [0.25, 0.3) is 0 Å². The van der Waals surface area contributed by atoms with Crippen molar-refractivity contribution in [1.82, 2.24) is 4.90 Å². The Morgan fingerprint density at radius 3 is 2.94 bits per heavy atom. The van der Waals surface area contributed by atoms with Crippen LogP contribution in [0.3, 0.4) is 0 Å². The number of nitrogens with zero attached hydrogens (tertiary/aromatic N) is 2. The summed E-state index contributed by atoms with van der Waals surface area (Å²) in [5.41, 5.74) is 1.75. The van der Waals surface area contributed by atoms with Crippen molar-refractivity contribution in [2.45, 2.75) is 25.7 Å². The van der Waals surface area contributed by atoms with Crippen molar-refractivity contribution in [3.8, 4) is 6.07 Å². The lowest BCUT2D eigenvalue weighted by Crippen LogP contribution is -2.47. The third kappa shape index (κ3) is 3.08. The zero-order valence-corrected chi connectivity index (χ0v) is 10.5. The Labute approximate surface area is 107 Å². The van der Waals surface area contributed by atoms with Gasteiger partial charge in [0, 0.05) is 19.6 Å². The summed E-state index contributed by atoms with van der Waals surface area (Å²) in [5, 5.41) is 18.3. The number of hydrogen-bond acceptors (Lipinski definition) is 4. The molecule has 96 valence electrons. The molecule has 0 aromatic heterocycles. The number of hydrogen-bond donors (Lipinski definition) is 1. The lowest BCUT2D eigenvalue weighted by Gasteiger charge is -2.36. The van der Waals surface area contributed by atoms with Crippen LogP contribution in [0.15, 0.2) is 24.3 Å². The zero-order valence-electron chi connectivity index (χ0n) is 10.5. The minimum atomic E-state index is -0.122. The second-order valence-corrected chi connectivity index (χ2v) is 4.71. The van der Waals surface area contributed by atoms with Gasteiger partial charge in [0.1, 0.15) is 0 Å². The van der Waals surface area contributed by atoms with E-state index < -0.39 is 0 Å². The summed E-state index contributed by atoms with van der Waals surface area (Å²) < 4.78 is 5.60. The summed E-state index contributed by atoms with van der Waals surface area (Å²) >= 11 is 0. The second-order valence-electron chi connectivity index (χ2n) is 4.71. The first-order valence-electron chi connectivity index (χ1n) is 6.19. The summed E-state index contributed by atoms with van der Waals surface area (Å²) in [4.78, 5) is 2.23. The van der Waals surface area contributed by atoms with E-state index in [1.165, 1.54) is 0 Å². The molecule has 0 aliphatic carbocycles. The minimum absolute atomic E-state index is 0.0424. The molecule has 1 aromatic rings. The van der Waals surface area contributed by atoms with Crippen LogP contribution in [0.5, 0.6) is 0 Å². The fourth-order valence-corrected chi connectivity index (χ4v) is 2.38. The molecule has 0 radical (unpaired) electrons. The van der Waals surface area contributed by atoms with Gasteiger partial charge in [-0.3, -0.25) is 4.90 Å². The fourth-order valence-electron chi connectivity index (χ4n) is 2.38. The van der Waals surface area contributed by atoms with E-state index in [0.29, 0.717) is 6.54 Å². The molecular formula is C14H18N2O2. The number of morpholine rings is 1. The van der Waals surface area contributed by atoms with E-state index in [1.54, 1.807) is 0 Å². The molecule has 1 N–H and O–H groups in total. The first-order valence-corrected chi connectivity index (χ1v) is 6.19. The number of aliphatic hydroxyl groups excluding tert-OH is 1. The van der Waals surface area contributed by atoms with Crippen LogP contribution in [0.4, 0.5) is 0 Å². The molecule has 4 heteroatoms. The molecule has 1 aromatic carbocycles. The smallest absolute Gasteiger partial charge is 0.0995 e. The summed E-state index contributed by atoms with van der Waals surface area (Å²) in [7, 11) is 0. The van der Waals surface area contributed by atoms with E-state index in [4.69, 9.17) is 10.00 Å². The third-order valence-corrected chi connectivity index (χ3v) is 3.14. The quantitative estimate of drug-likeness (QED) is 0.869. The molecule has 1 heterocycles. The molecule has 0 spiro atoms. The van der Waals surface area contributed by atoms with Gasteiger partial charge in [-0.1, -0.05) is 18.2 Å². The molecule has 1 saturated heterocycles. The Balaban J connectivity index is 2.06. The molecule has 2 rings (SSSR count). The topological polar surface area (TPSA) is 56.5 Å². The summed E-state index contributed by atoms with van der Waals surface area (Å²) in [6, 6.07) is 9.85. The van der Waals surface area contributed by atoms with Crippen molar-refractivity contribution in [3.05, 3.63) is 35.4 Å². The van der Waals surface area contributed by atoms with Gasteiger partial charge in [0.15, 0.2) is 0 Å². The Morgan fingerprint density at radius 2 is 2.22 bits per heavy atom. The van der Waals surface area contributed by atoms with Gasteiger partial charge in [0.05, 0.1) is 30.4 Å². The van der Waals surface area contributed by atoms with E-state index in [0.717, 1.165) is 24.2 Å². The van der Waals surface area contributed by atoms with Gasteiger partial charge in [-0.2, -0.15) is 5.26 Å². The number of nitriles is 1. The van der Waals surface area contributed by atoms with Crippen molar-refractivity contribution in [2.24, 2.45) is 0 Å². The average Bonchev–Trinajstić information content (AvgIpc) is 2.38. The predicted octanol–water partition coefficient (Wildman–Crippen LogP) is 1.14. The lowest BCUT2D eigenvalue weighted by molar-refractivity contribution is -0.0972. The van der Waals surface area contributed by atoms with E-state index >= 15 is 0 Å². The maximum absolute atomic E-state index is 9.19. The summed E-state index contributed by atoms with van der Waals surface area (Å²) in [6.07, 6.45) is -0.00635.